The Labute approximate surface area is 158 Å². The Morgan fingerprint density at radius 1 is 1.04 bits per heavy atom. The summed E-state index contributed by atoms with van der Waals surface area (Å²) in [6, 6.07) is 14.1. The van der Waals surface area contributed by atoms with Crippen LogP contribution in [0.4, 0.5) is 0 Å². The molecule has 0 bridgehead atoms. The number of nitrogens with zero attached hydrogens (tertiary/aromatic N) is 3. The minimum Gasteiger partial charge on any atom is -0.542 e. The first-order chi connectivity index (χ1) is 11.7. The number of hydrogen-bond donors (Lipinski definition) is 0. The van der Waals surface area contributed by atoms with Gasteiger partial charge in [-0.1, -0.05) is 54.9 Å². The van der Waals surface area contributed by atoms with Crippen molar-refractivity contribution in [2.24, 2.45) is 0 Å². The maximum absolute atomic E-state index is 6.57. The smallest absolute Gasteiger partial charge is 0.250 e. The van der Waals surface area contributed by atoms with Crippen LogP contribution in [-0.4, -0.2) is 23.3 Å². The molecule has 0 saturated heterocycles. The minimum atomic E-state index is -1.96. The normalized spacial score (nSPS) is 12.6. The van der Waals surface area contributed by atoms with Gasteiger partial charge in [-0.15, -0.1) is 15.0 Å². The molecular formula is C19H24BrN3OSi. The Bertz CT molecular complexity index is 866. The van der Waals surface area contributed by atoms with Gasteiger partial charge in [-0.05, 0) is 48.0 Å². The van der Waals surface area contributed by atoms with Crippen molar-refractivity contribution in [2.75, 3.05) is 0 Å². The van der Waals surface area contributed by atoms with E-state index in [4.69, 9.17) is 4.43 Å². The molecule has 0 aliphatic carbocycles. The highest BCUT2D eigenvalue weighted by molar-refractivity contribution is 9.08. The molecule has 1 aromatic heterocycles. The zero-order chi connectivity index (χ0) is 18.2. The summed E-state index contributed by atoms with van der Waals surface area (Å²) in [7, 11) is -1.96. The Kier molecular flexibility index (Phi) is 4.77. The number of fused-ring (bicyclic) bond motifs is 1. The highest BCUT2D eigenvalue weighted by Crippen LogP contribution is 2.39. The summed E-state index contributed by atoms with van der Waals surface area (Å²) < 4.78 is 6.57. The largest absolute Gasteiger partial charge is 0.542 e. The first-order valence-corrected chi connectivity index (χ1v) is 12.4. The fraction of sp³-hybridized carbons (Fsp3) is 0.368. The molecule has 0 unspecified atom stereocenters. The van der Waals surface area contributed by atoms with Crippen LogP contribution in [0.15, 0.2) is 42.5 Å². The number of hydrogen-bond acceptors (Lipinski definition) is 3. The molecule has 0 saturated carbocycles. The molecule has 0 amide bonds. The van der Waals surface area contributed by atoms with Gasteiger partial charge >= 0.3 is 0 Å². The summed E-state index contributed by atoms with van der Waals surface area (Å²) in [4.78, 5) is 1.69. The van der Waals surface area contributed by atoms with Gasteiger partial charge < -0.3 is 4.43 Å². The average molecular weight is 418 g/mol. The van der Waals surface area contributed by atoms with Gasteiger partial charge in [0.25, 0.3) is 8.32 Å². The molecule has 0 N–H and O–H groups in total. The standard InChI is InChI=1S/C19H24BrN3OSi/c1-19(2,3)25(4,5)24-18-11-10-14(13-20)12-17(18)23-21-15-8-6-7-9-16(15)22-23/h6-12H,13H2,1-5H3. The number of alkyl halides is 1. The van der Waals surface area contributed by atoms with Crippen molar-refractivity contribution in [3.8, 4) is 11.4 Å². The predicted octanol–water partition coefficient (Wildman–Crippen LogP) is 5.70. The first kappa shape index (κ1) is 18.1. The van der Waals surface area contributed by atoms with E-state index in [0.29, 0.717) is 0 Å². The molecule has 0 spiro atoms. The lowest BCUT2D eigenvalue weighted by atomic mass is 10.2. The molecule has 25 heavy (non-hydrogen) atoms. The van der Waals surface area contributed by atoms with Gasteiger partial charge in [-0.2, -0.15) is 0 Å². The van der Waals surface area contributed by atoms with Gasteiger partial charge in [0.2, 0.25) is 0 Å². The molecule has 0 atom stereocenters. The number of benzene rings is 2. The molecule has 2 aromatic carbocycles. The van der Waals surface area contributed by atoms with Gasteiger partial charge in [0, 0.05) is 5.33 Å². The van der Waals surface area contributed by atoms with E-state index in [1.165, 1.54) is 5.56 Å². The summed E-state index contributed by atoms with van der Waals surface area (Å²) in [5.74, 6) is 0.844. The quantitative estimate of drug-likeness (QED) is 0.403. The Hall–Kier alpha value is -1.66. The van der Waals surface area contributed by atoms with E-state index in [9.17, 15) is 0 Å². The second-order valence-electron chi connectivity index (χ2n) is 7.78. The SMILES string of the molecule is CC(C)(C)[Si](C)(C)Oc1ccc(CBr)cc1-n1nc2ccccc2n1. The van der Waals surface area contributed by atoms with Crippen LogP contribution in [0.1, 0.15) is 26.3 Å². The molecule has 0 aliphatic rings. The van der Waals surface area contributed by atoms with Crippen molar-refractivity contribution in [2.45, 2.75) is 44.2 Å². The van der Waals surface area contributed by atoms with Crippen LogP contribution in [-0.2, 0) is 5.33 Å². The highest BCUT2D eigenvalue weighted by atomic mass is 79.9. The van der Waals surface area contributed by atoms with Crippen LogP contribution in [0, 0.1) is 0 Å². The zero-order valence-corrected chi connectivity index (χ0v) is 18.0. The topological polar surface area (TPSA) is 39.9 Å². The van der Waals surface area contributed by atoms with Crippen LogP contribution >= 0.6 is 15.9 Å². The first-order valence-electron chi connectivity index (χ1n) is 8.42. The van der Waals surface area contributed by atoms with Crippen LogP contribution in [0.25, 0.3) is 16.7 Å². The lowest BCUT2D eigenvalue weighted by Crippen LogP contribution is -2.44. The van der Waals surface area contributed by atoms with Crippen molar-refractivity contribution >= 4 is 35.3 Å². The molecule has 0 aliphatic heterocycles. The second-order valence-corrected chi connectivity index (χ2v) is 13.1. The van der Waals surface area contributed by atoms with Crippen LogP contribution in [0.2, 0.25) is 18.1 Å². The predicted molar refractivity (Wildman–Crippen MR) is 109 cm³/mol. The Morgan fingerprint density at radius 2 is 1.64 bits per heavy atom. The number of aromatic nitrogens is 3. The maximum Gasteiger partial charge on any atom is 0.250 e. The number of halogens is 1. The minimum absolute atomic E-state index is 0.126. The molecular weight excluding hydrogens is 394 g/mol. The van der Waals surface area contributed by atoms with Crippen molar-refractivity contribution in [1.82, 2.24) is 15.0 Å². The molecule has 4 nitrogen and oxygen atoms in total. The van der Waals surface area contributed by atoms with Gasteiger partial charge in [0.05, 0.1) is 0 Å². The van der Waals surface area contributed by atoms with Gasteiger partial charge in [-0.25, -0.2) is 0 Å². The molecule has 0 radical (unpaired) electrons. The summed E-state index contributed by atoms with van der Waals surface area (Å²) >= 11 is 3.53. The third-order valence-electron chi connectivity index (χ3n) is 4.85. The van der Waals surface area contributed by atoms with Crippen molar-refractivity contribution < 1.29 is 4.43 Å². The third kappa shape index (κ3) is 3.65. The average Bonchev–Trinajstić information content (AvgIpc) is 2.97. The summed E-state index contributed by atoms with van der Waals surface area (Å²) in [6.45, 7) is 11.2. The zero-order valence-electron chi connectivity index (χ0n) is 15.4. The summed E-state index contributed by atoms with van der Waals surface area (Å²) in [5.41, 5.74) is 3.81. The van der Waals surface area contributed by atoms with Crippen LogP contribution in [0.5, 0.6) is 5.75 Å². The second kappa shape index (κ2) is 6.57. The van der Waals surface area contributed by atoms with E-state index in [2.05, 4.69) is 72.1 Å². The molecule has 6 heteroatoms. The van der Waals surface area contributed by atoms with Gasteiger partial charge in [0.15, 0.2) is 0 Å². The Morgan fingerprint density at radius 3 is 2.16 bits per heavy atom. The lowest BCUT2D eigenvalue weighted by molar-refractivity contribution is 0.486. The fourth-order valence-electron chi connectivity index (χ4n) is 2.28. The molecule has 1 heterocycles. The monoisotopic (exact) mass is 417 g/mol. The van der Waals surface area contributed by atoms with Crippen molar-refractivity contribution in [3.05, 3.63) is 48.0 Å². The van der Waals surface area contributed by atoms with Gasteiger partial charge in [0.1, 0.15) is 22.5 Å². The van der Waals surface area contributed by atoms with Crippen LogP contribution < -0.4 is 4.43 Å². The number of rotatable bonds is 4. The van der Waals surface area contributed by atoms with E-state index >= 15 is 0 Å². The molecule has 132 valence electrons. The fourth-order valence-corrected chi connectivity index (χ4v) is 3.66. The van der Waals surface area contributed by atoms with E-state index < -0.39 is 8.32 Å². The molecule has 0 fully saturated rings. The summed E-state index contributed by atoms with van der Waals surface area (Å²) in [5, 5.41) is 10.2. The lowest BCUT2D eigenvalue weighted by Gasteiger charge is -2.36. The summed E-state index contributed by atoms with van der Waals surface area (Å²) in [6.07, 6.45) is 0. The van der Waals surface area contributed by atoms with Crippen molar-refractivity contribution in [1.29, 1.82) is 0 Å². The van der Waals surface area contributed by atoms with Crippen molar-refractivity contribution in [3.63, 3.8) is 0 Å². The third-order valence-corrected chi connectivity index (χ3v) is 9.84. The Balaban J connectivity index is 2.11. The van der Waals surface area contributed by atoms with E-state index in [1.54, 1.807) is 4.80 Å². The van der Waals surface area contributed by atoms with E-state index in [0.717, 1.165) is 27.8 Å². The van der Waals surface area contributed by atoms with Gasteiger partial charge in [-0.3, -0.25) is 0 Å². The van der Waals surface area contributed by atoms with E-state index in [-0.39, 0.29) is 5.04 Å². The van der Waals surface area contributed by atoms with Crippen LogP contribution in [0.3, 0.4) is 0 Å². The molecule has 3 aromatic rings. The highest BCUT2D eigenvalue weighted by Gasteiger charge is 2.39. The maximum atomic E-state index is 6.57. The van der Waals surface area contributed by atoms with E-state index in [1.807, 2.05) is 30.3 Å². The molecule has 3 rings (SSSR count).